The maximum absolute atomic E-state index is 8.74. The third kappa shape index (κ3) is 14.6. The fourth-order valence-corrected chi connectivity index (χ4v) is 0.637. The van der Waals surface area contributed by atoms with Crippen LogP contribution in [0.2, 0.25) is 0 Å². The van der Waals surface area contributed by atoms with Gasteiger partial charge in [0.1, 0.15) is 0 Å². The molecule has 1 rings (SSSR count). The van der Waals surface area contributed by atoms with Gasteiger partial charge >= 0.3 is 40.0 Å². The van der Waals surface area contributed by atoms with Crippen molar-refractivity contribution < 1.29 is 17.5 Å². The third-order valence-electron chi connectivity index (χ3n) is 1.22. The first kappa shape index (κ1) is 16.5. The Labute approximate surface area is 106 Å². The van der Waals surface area contributed by atoms with Gasteiger partial charge in [0.2, 0.25) is 0 Å². The normalized spacial score (nSPS) is 9.43. The van der Waals surface area contributed by atoms with Crippen LogP contribution in [0.15, 0.2) is 24.3 Å². The van der Waals surface area contributed by atoms with Gasteiger partial charge < -0.3 is 0 Å². The van der Waals surface area contributed by atoms with E-state index in [4.69, 9.17) is 17.5 Å². The Morgan fingerprint density at radius 1 is 0.929 bits per heavy atom. The number of rotatable bonds is 0. The van der Waals surface area contributed by atoms with Gasteiger partial charge in [0.25, 0.3) is 0 Å². The monoisotopic (exact) mass is 228 g/mol. The van der Waals surface area contributed by atoms with E-state index in [2.05, 4.69) is 38.1 Å². The number of hydrogen-bond acceptors (Lipinski definition) is 2. The van der Waals surface area contributed by atoms with Crippen LogP contribution in [0.4, 0.5) is 0 Å². The van der Waals surface area contributed by atoms with E-state index in [9.17, 15) is 0 Å². The van der Waals surface area contributed by atoms with E-state index in [1.54, 1.807) is 0 Å². The molecule has 0 saturated heterocycles. The molecule has 2 N–H and O–H groups in total. The second-order valence-corrected chi connectivity index (χ2v) is 3.50. The van der Waals surface area contributed by atoms with Gasteiger partial charge in [-0.25, -0.2) is 0 Å². The predicted molar refractivity (Wildman–Crippen MR) is 57.2 cm³/mol. The van der Waals surface area contributed by atoms with Crippen molar-refractivity contribution in [2.45, 2.75) is 13.8 Å². The van der Waals surface area contributed by atoms with Crippen LogP contribution < -0.4 is 0 Å². The molecule has 0 heterocycles. The Morgan fingerprint density at radius 3 is 1.21 bits per heavy atom. The Balaban J connectivity index is 0. The van der Waals surface area contributed by atoms with Gasteiger partial charge in [-0.2, -0.15) is 8.42 Å². The molecule has 0 aromatic heterocycles. The minimum absolute atomic E-state index is 0. The van der Waals surface area contributed by atoms with E-state index in [1.807, 2.05) is 0 Å². The molecule has 0 bridgehead atoms. The van der Waals surface area contributed by atoms with Crippen LogP contribution in [-0.2, 0) is 10.4 Å². The van der Waals surface area contributed by atoms with Crippen LogP contribution in [0, 0.1) is 13.8 Å². The van der Waals surface area contributed by atoms with Gasteiger partial charge in [0.05, 0.1) is 0 Å². The quantitative estimate of drug-likeness (QED) is 0.513. The van der Waals surface area contributed by atoms with E-state index in [0.717, 1.165) is 0 Å². The van der Waals surface area contributed by atoms with Crippen LogP contribution >= 0.6 is 0 Å². The van der Waals surface area contributed by atoms with Crippen molar-refractivity contribution in [3.8, 4) is 0 Å². The second kappa shape index (κ2) is 7.39. The Hall–Kier alpha value is 0.0900. The Kier molecular flexibility index (Phi) is 8.72. The van der Waals surface area contributed by atoms with Crippen molar-refractivity contribution in [1.82, 2.24) is 0 Å². The average Bonchev–Trinajstić information content (AvgIpc) is 1.92. The average molecular weight is 228 g/mol. The first-order chi connectivity index (χ1) is 5.79. The molecule has 0 aliphatic rings. The van der Waals surface area contributed by atoms with E-state index in [0.29, 0.717) is 0 Å². The number of aryl methyl sites for hydroxylation is 2. The molecule has 4 nitrogen and oxygen atoms in total. The first-order valence-corrected chi connectivity index (χ1v) is 4.92. The molecule has 1 aromatic carbocycles. The first-order valence-electron chi connectivity index (χ1n) is 3.52. The van der Waals surface area contributed by atoms with E-state index >= 15 is 0 Å². The molecular formula is C8H13NaO4S. The molecule has 0 atom stereocenters. The molecule has 0 fully saturated rings. The zero-order valence-electron chi connectivity index (χ0n) is 7.43. The predicted octanol–water partition coefficient (Wildman–Crippen LogP) is 1.00. The van der Waals surface area contributed by atoms with Gasteiger partial charge in [-0.1, -0.05) is 35.4 Å². The minimum atomic E-state index is -4.67. The summed E-state index contributed by atoms with van der Waals surface area (Å²) < 4.78 is 31.6. The molecule has 14 heavy (non-hydrogen) atoms. The summed E-state index contributed by atoms with van der Waals surface area (Å²) in [7, 11) is -4.67. The summed E-state index contributed by atoms with van der Waals surface area (Å²) in [6.07, 6.45) is 0. The van der Waals surface area contributed by atoms with Crippen molar-refractivity contribution in [2.24, 2.45) is 0 Å². The molecule has 6 heteroatoms. The molecule has 76 valence electrons. The van der Waals surface area contributed by atoms with Crippen molar-refractivity contribution in [2.75, 3.05) is 0 Å². The molecular weight excluding hydrogens is 215 g/mol. The van der Waals surface area contributed by atoms with Crippen LogP contribution in [0.1, 0.15) is 11.1 Å². The van der Waals surface area contributed by atoms with Crippen molar-refractivity contribution >= 4 is 40.0 Å². The van der Waals surface area contributed by atoms with Gasteiger partial charge in [-0.15, -0.1) is 0 Å². The summed E-state index contributed by atoms with van der Waals surface area (Å²) in [5, 5.41) is 0. The second-order valence-electron chi connectivity index (χ2n) is 2.60. The summed E-state index contributed by atoms with van der Waals surface area (Å²) in [5.74, 6) is 0. The van der Waals surface area contributed by atoms with E-state index in [1.165, 1.54) is 11.1 Å². The number of hydrogen-bond donors (Lipinski definition) is 2. The molecule has 0 amide bonds. The summed E-state index contributed by atoms with van der Waals surface area (Å²) in [5.41, 5.74) is 2.66. The van der Waals surface area contributed by atoms with Crippen LogP contribution in [0.25, 0.3) is 0 Å². The van der Waals surface area contributed by atoms with Gasteiger partial charge in [0.15, 0.2) is 0 Å². The van der Waals surface area contributed by atoms with E-state index < -0.39 is 10.4 Å². The maximum atomic E-state index is 8.74. The molecule has 0 spiro atoms. The SMILES string of the molecule is Cc1ccc(C)cc1.O=S(=O)(O)O.[NaH]. The van der Waals surface area contributed by atoms with Gasteiger partial charge in [0, 0.05) is 0 Å². The summed E-state index contributed by atoms with van der Waals surface area (Å²) >= 11 is 0. The third-order valence-corrected chi connectivity index (χ3v) is 1.22. The summed E-state index contributed by atoms with van der Waals surface area (Å²) in [4.78, 5) is 0. The zero-order valence-corrected chi connectivity index (χ0v) is 8.25. The molecule has 0 aliphatic carbocycles. The Morgan fingerprint density at radius 2 is 1.07 bits per heavy atom. The zero-order chi connectivity index (χ0) is 10.5. The molecule has 1 aromatic rings. The van der Waals surface area contributed by atoms with Crippen molar-refractivity contribution in [3.05, 3.63) is 35.4 Å². The van der Waals surface area contributed by atoms with E-state index in [-0.39, 0.29) is 29.6 Å². The van der Waals surface area contributed by atoms with Crippen molar-refractivity contribution in [3.63, 3.8) is 0 Å². The molecule has 0 aliphatic heterocycles. The summed E-state index contributed by atoms with van der Waals surface area (Å²) in [6.45, 7) is 4.19. The van der Waals surface area contributed by atoms with Crippen LogP contribution in [0.3, 0.4) is 0 Å². The van der Waals surface area contributed by atoms with Crippen LogP contribution in [0.5, 0.6) is 0 Å². The number of benzene rings is 1. The molecule has 0 radical (unpaired) electrons. The Bertz CT molecular complexity index is 315. The van der Waals surface area contributed by atoms with Crippen molar-refractivity contribution in [1.29, 1.82) is 0 Å². The van der Waals surface area contributed by atoms with Gasteiger partial charge in [-0.05, 0) is 13.8 Å². The fraction of sp³-hybridized carbons (Fsp3) is 0.250. The standard InChI is InChI=1S/C8H10.Na.H2O4S.H/c1-7-3-5-8(2)6-4-7;;1-5(2,3)4;/h3-6H,1-2H3;;(H2,1,2,3,4);. The topological polar surface area (TPSA) is 74.6 Å². The summed E-state index contributed by atoms with van der Waals surface area (Å²) in [6, 6.07) is 8.48. The molecule has 0 unspecified atom stereocenters. The fourth-order valence-electron chi connectivity index (χ4n) is 0.637. The molecule has 0 saturated carbocycles. The van der Waals surface area contributed by atoms with Gasteiger partial charge in [-0.3, -0.25) is 9.11 Å². The van der Waals surface area contributed by atoms with Crippen LogP contribution in [-0.4, -0.2) is 47.1 Å².